The monoisotopic (exact) mass is 426 g/mol. The highest BCUT2D eigenvalue weighted by atomic mass is 32.3. The van der Waals surface area contributed by atoms with Crippen molar-refractivity contribution in [2.75, 3.05) is 12.4 Å². The zero-order chi connectivity index (χ0) is 20.5. The summed E-state index contributed by atoms with van der Waals surface area (Å²) in [6.07, 6.45) is 1.45. The molecule has 28 heavy (non-hydrogen) atoms. The molecule has 1 unspecified atom stereocenters. The van der Waals surface area contributed by atoms with E-state index in [-0.39, 0.29) is 33.3 Å². The molecule has 3 N–H and O–H groups in total. The van der Waals surface area contributed by atoms with Gasteiger partial charge in [0.15, 0.2) is 9.84 Å². The number of benzene rings is 2. The van der Waals surface area contributed by atoms with Crippen molar-refractivity contribution in [1.29, 1.82) is 0 Å². The Hall–Kier alpha value is -2.07. The van der Waals surface area contributed by atoms with Crippen LogP contribution in [-0.4, -0.2) is 41.0 Å². The van der Waals surface area contributed by atoms with Crippen LogP contribution in [0.3, 0.4) is 0 Å². The number of carbonyl (C=O) groups is 1. The van der Waals surface area contributed by atoms with E-state index in [0.717, 1.165) is 6.42 Å². The number of fused-ring (bicyclic) bond motifs is 1. The van der Waals surface area contributed by atoms with E-state index in [1.807, 2.05) is 6.92 Å². The minimum atomic E-state index is -3.99. The summed E-state index contributed by atoms with van der Waals surface area (Å²) in [4.78, 5) is 11.8. The fourth-order valence-corrected chi connectivity index (χ4v) is 7.63. The molecule has 0 saturated heterocycles. The maximum Gasteiger partial charge on any atom is 0.339 e. The Bertz CT molecular complexity index is 985. The van der Waals surface area contributed by atoms with Crippen LogP contribution in [0.25, 0.3) is 0 Å². The highest BCUT2D eigenvalue weighted by Gasteiger charge is 2.46. The standard InChI is InChI=1S/C19H22O7S2/c1-2-3-11-26-18-14(19(20)21)9-10-15-17(18)16(12-27(15,22)23)28(24,25)13-7-5-4-6-8-13/h4-10,16,22-23H,2-3,11-12H2,1H3,(H,20,21). The first-order valence-corrected chi connectivity index (χ1v) is 12.0. The molecule has 152 valence electrons. The van der Waals surface area contributed by atoms with Gasteiger partial charge in [0.2, 0.25) is 0 Å². The van der Waals surface area contributed by atoms with Gasteiger partial charge in [-0.1, -0.05) is 31.5 Å². The van der Waals surface area contributed by atoms with E-state index in [4.69, 9.17) is 4.74 Å². The zero-order valence-corrected chi connectivity index (χ0v) is 16.9. The highest BCUT2D eigenvalue weighted by Crippen LogP contribution is 2.63. The molecule has 1 atom stereocenters. The third-order valence-electron chi connectivity index (χ3n) is 4.64. The van der Waals surface area contributed by atoms with E-state index in [0.29, 0.717) is 6.42 Å². The predicted octanol–water partition coefficient (Wildman–Crippen LogP) is 4.20. The second-order valence-corrected chi connectivity index (χ2v) is 10.8. The van der Waals surface area contributed by atoms with Gasteiger partial charge < -0.3 is 9.84 Å². The van der Waals surface area contributed by atoms with Crippen LogP contribution in [0.2, 0.25) is 0 Å². The maximum absolute atomic E-state index is 13.2. The van der Waals surface area contributed by atoms with Gasteiger partial charge >= 0.3 is 5.97 Å². The van der Waals surface area contributed by atoms with Crippen molar-refractivity contribution >= 4 is 26.4 Å². The molecule has 0 saturated carbocycles. The number of aromatic carboxylic acids is 1. The van der Waals surface area contributed by atoms with Crippen LogP contribution in [0, 0.1) is 0 Å². The minimum Gasteiger partial charge on any atom is -0.492 e. The number of hydrogen-bond donors (Lipinski definition) is 3. The van der Waals surface area contributed by atoms with Crippen LogP contribution in [0.4, 0.5) is 0 Å². The van der Waals surface area contributed by atoms with Crippen molar-refractivity contribution in [3.63, 3.8) is 0 Å². The Morgan fingerprint density at radius 2 is 1.86 bits per heavy atom. The summed E-state index contributed by atoms with van der Waals surface area (Å²) in [6, 6.07) is 10.2. The Morgan fingerprint density at radius 1 is 1.18 bits per heavy atom. The predicted molar refractivity (Wildman–Crippen MR) is 106 cm³/mol. The lowest BCUT2D eigenvalue weighted by Gasteiger charge is -2.27. The van der Waals surface area contributed by atoms with Crippen molar-refractivity contribution in [1.82, 2.24) is 0 Å². The first-order valence-electron chi connectivity index (χ1n) is 8.78. The molecule has 1 aliphatic rings. The Labute approximate surface area is 165 Å². The normalized spacial score (nSPS) is 19.0. The number of carboxylic acid groups (broad SMARTS) is 1. The van der Waals surface area contributed by atoms with Gasteiger partial charge in [0, 0.05) is 5.56 Å². The van der Waals surface area contributed by atoms with Gasteiger partial charge in [0.25, 0.3) is 0 Å². The first-order chi connectivity index (χ1) is 13.2. The van der Waals surface area contributed by atoms with Crippen LogP contribution in [0.15, 0.2) is 52.3 Å². The SMILES string of the molecule is CCCCOc1c(C(=O)O)ccc2c1C(S(=O)(=O)c1ccccc1)CS2(O)O. The number of rotatable bonds is 7. The molecule has 1 heterocycles. The second kappa shape index (κ2) is 7.75. The minimum absolute atomic E-state index is 0.0308. The molecule has 0 radical (unpaired) electrons. The lowest BCUT2D eigenvalue weighted by Crippen LogP contribution is -2.17. The molecule has 2 aromatic carbocycles. The fourth-order valence-electron chi connectivity index (χ4n) is 3.22. The molecule has 0 fully saturated rings. The molecule has 0 aliphatic carbocycles. The summed E-state index contributed by atoms with van der Waals surface area (Å²) >= 11 is 0. The van der Waals surface area contributed by atoms with Crippen LogP contribution >= 0.6 is 10.6 Å². The third-order valence-corrected chi connectivity index (χ3v) is 8.79. The van der Waals surface area contributed by atoms with Gasteiger partial charge in [0.1, 0.15) is 16.6 Å². The maximum atomic E-state index is 13.2. The largest absolute Gasteiger partial charge is 0.492 e. The summed E-state index contributed by atoms with van der Waals surface area (Å²) < 4.78 is 53.2. The lowest BCUT2D eigenvalue weighted by molar-refractivity contribution is 0.0691. The number of unbranched alkanes of at least 4 members (excludes halogenated alkanes) is 1. The number of carboxylic acids is 1. The molecule has 7 nitrogen and oxygen atoms in total. The summed E-state index contributed by atoms with van der Waals surface area (Å²) in [7, 11) is -7.38. The van der Waals surface area contributed by atoms with Crippen LogP contribution in [0.1, 0.15) is 40.9 Å². The molecule has 0 amide bonds. The lowest BCUT2D eigenvalue weighted by atomic mass is 10.1. The van der Waals surface area contributed by atoms with Crippen molar-refractivity contribution in [3.05, 3.63) is 53.6 Å². The average molecular weight is 427 g/mol. The van der Waals surface area contributed by atoms with Gasteiger partial charge in [-0.25, -0.2) is 13.2 Å². The van der Waals surface area contributed by atoms with Crippen molar-refractivity contribution in [2.24, 2.45) is 0 Å². The van der Waals surface area contributed by atoms with Crippen molar-refractivity contribution in [2.45, 2.75) is 34.8 Å². The zero-order valence-electron chi connectivity index (χ0n) is 15.2. The summed E-state index contributed by atoms with van der Waals surface area (Å²) in [5.74, 6) is -1.79. The van der Waals surface area contributed by atoms with Gasteiger partial charge in [-0.3, -0.25) is 9.11 Å². The molecule has 9 heteroatoms. The number of ether oxygens (including phenoxy) is 1. The molecular formula is C19H22O7S2. The quantitative estimate of drug-likeness (QED) is 0.567. The van der Waals surface area contributed by atoms with E-state index in [9.17, 15) is 27.4 Å². The van der Waals surface area contributed by atoms with E-state index in [1.54, 1.807) is 18.2 Å². The molecule has 0 aromatic heterocycles. The van der Waals surface area contributed by atoms with Crippen molar-refractivity contribution < 1.29 is 32.2 Å². The highest BCUT2D eigenvalue weighted by molar-refractivity contribution is 8.25. The average Bonchev–Trinajstić information content (AvgIpc) is 2.95. The third kappa shape index (κ3) is 3.62. The van der Waals surface area contributed by atoms with E-state index in [2.05, 4.69) is 0 Å². The van der Waals surface area contributed by atoms with Crippen LogP contribution < -0.4 is 4.74 Å². The van der Waals surface area contributed by atoms with Gasteiger partial charge in [-0.15, -0.1) is 0 Å². The van der Waals surface area contributed by atoms with Gasteiger partial charge in [-0.05, 0) is 30.7 Å². The number of sulfone groups is 1. The topological polar surface area (TPSA) is 121 Å². The number of hydrogen-bond acceptors (Lipinski definition) is 6. The van der Waals surface area contributed by atoms with Gasteiger partial charge in [0.05, 0.1) is 22.2 Å². The Kier molecular flexibility index (Phi) is 5.72. The van der Waals surface area contributed by atoms with E-state index < -0.39 is 37.4 Å². The first kappa shape index (κ1) is 20.7. The molecule has 0 bridgehead atoms. The summed E-state index contributed by atoms with van der Waals surface area (Å²) in [6.45, 7) is 2.14. The van der Waals surface area contributed by atoms with Crippen LogP contribution in [0.5, 0.6) is 5.75 Å². The van der Waals surface area contributed by atoms with Crippen LogP contribution in [-0.2, 0) is 9.84 Å². The Balaban J connectivity index is 2.21. The Morgan fingerprint density at radius 3 is 2.46 bits per heavy atom. The smallest absolute Gasteiger partial charge is 0.339 e. The van der Waals surface area contributed by atoms with Gasteiger partial charge in [-0.2, -0.15) is 10.6 Å². The van der Waals surface area contributed by atoms with E-state index >= 15 is 0 Å². The summed E-state index contributed by atoms with van der Waals surface area (Å²) in [5.41, 5.74) is -0.153. The second-order valence-electron chi connectivity index (χ2n) is 6.54. The molecule has 1 aliphatic heterocycles. The molecular weight excluding hydrogens is 404 g/mol. The summed E-state index contributed by atoms with van der Waals surface area (Å²) in [5, 5.41) is 8.24. The molecule has 2 aromatic rings. The van der Waals surface area contributed by atoms with Crippen molar-refractivity contribution in [3.8, 4) is 5.75 Å². The fraction of sp³-hybridized carbons (Fsp3) is 0.316. The molecule has 0 spiro atoms. The molecule has 3 rings (SSSR count). The van der Waals surface area contributed by atoms with E-state index in [1.165, 1.54) is 24.3 Å².